The van der Waals surface area contributed by atoms with Crippen molar-refractivity contribution in [3.8, 4) is 23.6 Å². The molecule has 0 aliphatic rings. The van der Waals surface area contributed by atoms with E-state index in [1.54, 1.807) is 13.0 Å². The first-order chi connectivity index (χ1) is 15.2. The number of hydrazone groups is 1. The molecular weight excluding hydrogens is 463 g/mol. The van der Waals surface area contributed by atoms with Crippen LogP contribution in [0.1, 0.15) is 32.4 Å². The normalized spacial score (nSPS) is 11.0. The molecule has 0 unspecified atom stereocenters. The van der Waals surface area contributed by atoms with E-state index in [2.05, 4.69) is 25.2 Å². The average Bonchev–Trinajstić information content (AvgIpc) is 2.72. The van der Waals surface area contributed by atoms with Crippen LogP contribution in [0.15, 0.2) is 23.4 Å². The number of alkyl carbamates (subject to hydrolysis) is 1. The van der Waals surface area contributed by atoms with Gasteiger partial charge in [0.05, 0.1) is 34.2 Å². The van der Waals surface area contributed by atoms with E-state index >= 15 is 0 Å². The molecule has 0 atom stereocenters. The topological polar surface area (TPSA) is 159 Å². The lowest BCUT2D eigenvalue weighted by molar-refractivity contribution is -0.114. The monoisotopic (exact) mass is 480 g/mol. The summed E-state index contributed by atoms with van der Waals surface area (Å²) in [6.07, 6.45) is 0.194. The quantitative estimate of drug-likeness (QED) is 0.393. The number of ether oxygens (including phenoxy) is 2. The highest BCUT2D eigenvalue weighted by Crippen LogP contribution is 2.38. The Kier molecular flexibility index (Phi) is 8.57. The molecule has 0 fully saturated rings. The van der Waals surface area contributed by atoms with Gasteiger partial charge in [0.1, 0.15) is 6.07 Å². The number of amides is 2. The van der Waals surface area contributed by atoms with Crippen LogP contribution in [-0.4, -0.2) is 39.4 Å². The predicted molar refractivity (Wildman–Crippen MR) is 116 cm³/mol. The van der Waals surface area contributed by atoms with Gasteiger partial charge in [-0.05, 0) is 25.0 Å². The summed E-state index contributed by atoms with van der Waals surface area (Å²) in [6.45, 7) is 5.29. The lowest BCUT2D eigenvalue weighted by Crippen LogP contribution is -2.36. The SMILES string of the molecule is CCOC(=O)NC(=O)/C(C#N)=N/Nc1cc(Cl)c(Oc2ncc(O)c(C(C)C)n2)c(Cl)c1. The molecule has 0 aliphatic heterocycles. The number of hydrogen-bond donors (Lipinski definition) is 3. The molecule has 2 aromatic rings. The molecule has 0 radical (unpaired) electrons. The summed E-state index contributed by atoms with van der Waals surface area (Å²) in [7, 11) is 0. The first-order valence-electron chi connectivity index (χ1n) is 9.10. The summed E-state index contributed by atoms with van der Waals surface area (Å²) in [5, 5.41) is 24.5. The maximum atomic E-state index is 11.9. The molecule has 2 amide bonds. The Hall–Kier alpha value is -3.62. The van der Waals surface area contributed by atoms with Gasteiger partial charge in [-0.15, -0.1) is 0 Å². The zero-order valence-corrected chi connectivity index (χ0v) is 18.7. The fourth-order valence-electron chi connectivity index (χ4n) is 2.23. The van der Waals surface area contributed by atoms with Gasteiger partial charge in [0.2, 0.25) is 5.71 Å². The smallest absolute Gasteiger partial charge is 0.414 e. The number of carbonyl (C=O) groups excluding carboxylic acids is 2. The molecule has 2 rings (SSSR count). The zero-order valence-electron chi connectivity index (χ0n) is 17.1. The lowest BCUT2D eigenvalue weighted by Gasteiger charge is -2.12. The fraction of sp³-hybridized carbons (Fsp3) is 0.263. The largest absolute Gasteiger partial charge is 0.504 e. The molecule has 0 saturated heterocycles. The summed E-state index contributed by atoms with van der Waals surface area (Å²) < 4.78 is 10.1. The van der Waals surface area contributed by atoms with Crippen molar-refractivity contribution in [2.45, 2.75) is 26.7 Å². The number of nitrogens with one attached hydrogen (secondary N) is 2. The van der Waals surface area contributed by atoms with Crippen LogP contribution in [0.25, 0.3) is 0 Å². The second-order valence-corrected chi connectivity index (χ2v) is 7.12. The number of aromatic nitrogens is 2. The van der Waals surface area contributed by atoms with E-state index in [1.165, 1.54) is 18.3 Å². The zero-order chi connectivity index (χ0) is 23.8. The van der Waals surface area contributed by atoms with E-state index in [4.69, 9.17) is 33.2 Å². The minimum absolute atomic E-state index is 0.0452. The van der Waals surface area contributed by atoms with Gasteiger partial charge in [-0.1, -0.05) is 37.0 Å². The van der Waals surface area contributed by atoms with Crippen LogP contribution in [-0.2, 0) is 9.53 Å². The molecule has 32 heavy (non-hydrogen) atoms. The third-order valence-electron chi connectivity index (χ3n) is 3.62. The van der Waals surface area contributed by atoms with Crippen molar-refractivity contribution in [1.29, 1.82) is 5.26 Å². The average molecular weight is 481 g/mol. The third kappa shape index (κ3) is 6.44. The summed E-state index contributed by atoms with van der Waals surface area (Å²) in [4.78, 5) is 31.2. The molecule has 0 spiro atoms. The number of nitrogens with zero attached hydrogens (tertiary/aromatic N) is 4. The van der Waals surface area contributed by atoms with Crippen molar-refractivity contribution in [3.05, 3.63) is 34.1 Å². The van der Waals surface area contributed by atoms with Gasteiger partial charge in [0, 0.05) is 0 Å². The summed E-state index contributed by atoms with van der Waals surface area (Å²) in [5.74, 6) is -1.15. The fourth-order valence-corrected chi connectivity index (χ4v) is 2.79. The van der Waals surface area contributed by atoms with Gasteiger partial charge in [-0.25, -0.2) is 4.79 Å². The van der Waals surface area contributed by atoms with E-state index in [9.17, 15) is 14.7 Å². The second kappa shape index (κ2) is 11.1. The first kappa shape index (κ1) is 24.6. The Morgan fingerprint density at radius 1 is 1.31 bits per heavy atom. The van der Waals surface area contributed by atoms with Crippen LogP contribution < -0.4 is 15.5 Å². The third-order valence-corrected chi connectivity index (χ3v) is 4.18. The molecule has 1 aromatic carbocycles. The minimum Gasteiger partial charge on any atom is -0.504 e. The second-order valence-electron chi connectivity index (χ2n) is 6.31. The number of hydrogen-bond acceptors (Lipinski definition) is 10. The van der Waals surface area contributed by atoms with Crippen molar-refractivity contribution in [1.82, 2.24) is 15.3 Å². The Balaban J connectivity index is 2.19. The summed E-state index contributed by atoms with van der Waals surface area (Å²) in [6, 6.07) is 4.22. The highest BCUT2D eigenvalue weighted by Gasteiger charge is 2.17. The van der Waals surface area contributed by atoms with Crippen molar-refractivity contribution < 1.29 is 24.2 Å². The molecule has 168 valence electrons. The maximum Gasteiger partial charge on any atom is 0.414 e. The van der Waals surface area contributed by atoms with Gasteiger partial charge < -0.3 is 14.6 Å². The molecule has 11 nitrogen and oxygen atoms in total. The van der Waals surface area contributed by atoms with Gasteiger partial charge >= 0.3 is 12.1 Å². The molecule has 1 heterocycles. The van der Waals surface area contributed by atoms with Crippen molar-refractivity contribution in [3.63, 3.8) is 0 Å². The maximum absolute atomic E-state index is 11.9. The van der Waals surface area contributed by atoms with Crippen LogP contribution in [0.2, 0.25) is 10.0 Å². The molecule has 13 heteroatoms. The molecule has 3 N–H and O–H groups in total. The number of carbonyl (C=O) groups is 2. The number of benzene rings is 1. The highest BCUT2D eigenvalue weighted by atomic mass is 35.5. The lowest BCUT2D eigenvalue weighted by atomic mass is 10.1. The first-order valence-corrected chi connectivity index (χ1v) is 9.86. The number of nitriles is 1. The van der Waals surface area contributed by atoms with Crippen LogP contribution in [0, 0.1) is 11.3 Å². The minimum atomic E-state index is -1.05. The van der Waals surface area contributed by atoms with Crippen LogP contribution in [0.3, 0.4) is 0 Å². The molecule has 0 aliphatic carbocycles. The standard InChI is InChI=1S/C19H18Cl2N6O5/c1-4-31-19(30)25-17(29)13(7-22)27-26-10-5-11(20)16(12(21)6-10)32-18-23-8-14(28)15(24-18)9(2)3/h5-6,8-9,26,28H,4H2,1-3H3,(H,25,29,30)/b27-13+. The molecule has 1 aromatic heterocycles. The van der Waals surface area contributed by atoms with Crippen LogP contribution >= 0.6 is 23.2 Å². The van der Waals surface area contributed by atoms with Crippen molar-refractivity contribution in [2.75, 3.05) is 12.0 Å². The summed E-state index contributed by atoms with van der Waals surface area (Å²) >= 11 is 12.5. The number of anilines is 1. The van der Waals surface area contributed by atoms with E-state index in [-0.39, 0.29) is 45.8 Å². The number of halogens is 2. The van der Waals surface area contributed by atoms with Gasteiger partial charge in [-0.3, -0.25) is 15.5 Å². The van der Waals surface area contributed by atoms with Crippen LogP contribution in [0.4, 0.5) is 10.5 Å². The molecule has 0 bridgehead atoms. The van der Waals surface area contributed by atoms with Crippen LogP contribution in [0.5, 0.6) is 17.5 Å². The molecule has 0 saturated carbocycles. The van der Waals surface area contributed by atoms with E-state index < -0.39 is 17.7 Å². The Bertz CT molecular complexity index is 1080. The van der Waals surface area contributed by atoms with Crippen molar-refractivity contribution >= 4 is 46.6 Å². The number of rotatable bonds is 7. The van der Waals surface area contributed by atoms with E-state index in [0.29, 0.717) is 5.69 Å². The van der Waals surface area contributed by atoms with E-state index in [0.717, 1.165) is 0 Å². The van der Waals surface area contributed by atoms with Gasteiger partial charge in [0.15, 0.2) is 11.5 Å². The Labute approximate surface area is 193 Å². The highest BCUT2D eigenvalue weighted by molar-refractivity contribution is 6.47. The van der Waals surface area contributed by atoms with Gasteiger partial charge in [-0.2, -0.15) is 20.3 Å². The molecular formula is C19H18Cl2N6O5. The Morgan fingerprint density at radius 3 is 2.53 bits per heavy atom. The Morgan fingerprint density at radius 2 is 1.97 bits per heavy atom. The van der Waals surface area contributed by atoms with E-state index in [1.807, 2.05) is 19.2 Å². The summed E-state index contributed by atoms with van der Waals surface area (Å²) in [5.41, 5.74) is 2.42. The van der Waals surface area contributed by atoms with Crippen molar-refractivity contribution in [2.24, 2.45) is 5.10 Å². The number of aromatic hydroxyl groups is 1. The number of imide groups is 1. The predicted octanol–water partition coefficient (Wildman–Crippen LogP) is 3.97. The van der Waals surface area contributed by atoms with Gasteiger partial charge in [0.25, 0.3) is 5.91 Å².